The Morgan fingerprint density at radius 2 is 1.72 bits per heavy atom. The molecule has 0 aliphatic carbocycles. The Labute approximate surface area is 257 Å². The first kappa shape index (κ1) is 29.1. The van der Waals surface area contributed by atoms with Crippen molar-refractivity contribution in [3.05, 3.63) is 91.1 Å². The zero-order valence-corrected chi connectivity index (χ0v) is 25.7. The van der Waals surface area contributed by atoms with Gasteiger partial charge in [-0.05, 0) is 43.7 Å². The molecule has 0 spiro atoms. The molecule has 2 aliphatic rings. The molecule has 0 radical (unpaired) electrons. The number of para-hydroxylation sites is 1. The Morgan fingerprint density at radius 1 is 1.00 bits per heavy atom. The molecule has 2 saturated heterocycles. The fraction of sp³-hybridized carbons (Fsp3) is 0.300. The molecule has 0 bridgehead atoms. The van der Waals surface area contributed by atoms with E-state index in [2.05, 4.69) is 4.90 Å². The second-order valence-electron chi connectivity index (χ2n) is 10.6. The molecule has 1 N–H and O–H groups in total. The van der Waals surface area contributed by atoms with Gasteiger partial charge in [-0.2, -0.15) is 0 Å². The highest BCUT2D eigenvalue weighted by atomic mass is 32.2. The summed E-state index contributed by atoms with van der Waals surface area (Å²) in [5.74, 6) is 0.0264. The summed E-state index contributed by atoms with van der Waals surface area (Å²) in [6.45, 7) is 6.97. The van der Waals surface area contributed by atoms with Crippen LogP contribution < -0.4 is 20.9 Å². The average Bonchev–Trinajstić information content (AvgIpc) is 3.39. The van der Waals surface area contributed by atoms with Crippen LogP contribution in [-0.4, -0.2) is 78.3 Å². The van der Waals surface area contributed by atoms with Crippen molar-refractivity contribution in [2.24, 2.45) is 7.05 Å². The Bertz CT molecular complexity index is 1900. The van der Waals surface area contributed by atoms with Gasteiger partial charge < -0.3 is 10.0 Å². The van der Waals surface area contributed by atoms with Crippen molar-refractivity contribution in [2.45, 2.75) is 13.8 Å². The van der Waals surface area contributed by atoms with E-state index in [1.54, 1.807) is 37.0 Å². The molecule has 6 rings (SSSR count). The summed E-state index contributed by atoms with van der Waals surface area (Å²) in [7, 11) is 1.76. The minimum Gasteiger partial charge on any atom is -0.395 e. The van der Waals surface area contributed by atoms with Crippen LogP contribution in [0.4, 0.5) is 11.5 Å². The van der Waals surface area contributed by atoms with Gasteiger partial charge in [-0.15, -0.1) is 0 Å². The van der Waals surface area contributed by atoms with Crippen molar-refractivity contribution in [1.82, 2.24) is 23.6 Å². The minimum atomic E-state index is -0.464. The first-order chi connectivity index (χ1) is 20.7. The van der Waals surface area contributed by atoms with Crippen LogP contribution in [0.1, 0.15) is 16.8 Å². The highest BCUT2D eigenvalue weighted by Gasteiger charge is 2.38. The van der Waals surface area contributed by atoms with Crippen molar-refractivity contribution in [2.75, 3.05) is 49.1 Å². The Hall–Kier alpha value is -4.04. The number of β-amino-alcohol motifs (C(OH)–C–C–N with tert-alkyl or cyclic N) is 1. The number of aliphatic hydroxyl groups is 1. The molecule has 0 unspecified atom stereocenters. The molecule has 0 atom stereocenters. The molecule has 2 aliphatic heterocycles. The topological polar surface area (TPSA) is 108 Å². The predicted molar refractivity (Wildman–Crippen MR) is 173 cm³/mol. The smallest absolute Gasteiger partial charge is 0.296 e. The van der Waals surface area contributed by atoms with E-state index in [4.69, 9.17) is 17.2 Å². The number of aliphatic hydroxyl groups excluding tert-OH is 1. The lowest BCUT2D eigenvalue weighted by Gasteiger charge is -2.35. The van der Waals surface area contributed by atoms with E-state index < -0.39 is 5.91 Å². The number of hydrogen-bond acceptors (Lipinski definition) is 9. The third-order valence-electron chi connectivity index (χ3n) is 7.89. The quantitative estimate of drug-likeness (QED) is 0.258. The molecule has 11 nitrogen and oxygen atoms in total. The average molecular weight is 618 g/mol. The van der Waals surface area contributed by atoms with Gasteiger partial charge in [-0.3, -0.25) is 33.3 Å². The number of benzene rings is 1. The van der Waals surface area contributed by atoms with Crippen molar-refractivity contribution in [3.8, 4) is 5.69 Å². The Kier molecular flexibility index (Phi) is 7.81. The fourth-order valence-electron chi connectivity index (χ4n) is 5.54. The normalized spacial score (nSPS) is 17.2. The summed E-state index contributed by atoms with van der Waals surface area (Å²) < 4.78 is 4.91. The molecule has 5 heterocycles. The predicted octanol–water partition coefficient (Wildman–Crippen LogP) is 2.32. The summed E-state index contributed by atoms with van der Waals surface area (Å²) >= 11 is 6.70. The maximum Gasteiger partial charge on any atom is 0.296 e. The number of aryl methyl sites for hydroxylation is 1. The molecule has 4 aromatic rings. The number of anilines is 2. The maximum atomic E-state index is 13.9. The van der Waals surface area contributed by atoms with Crippen LogP contribution in [0, 0.1) is 13.8 Å². The third-order valence-corrected chi connectivity index (χ3v) is 9.19. The summed E-state index contributed by atoms with van der Waals surface area (Å²) in [6.07, 6.45) is 3.29. The zero-order valence-electron chi connectivity index (χ0n) is 24.1. The van der Waals surface area contributed by atoms with Crippen molar-refractivity contribution < 1.29 is 9.90 Å². The van der Waals surface area contributed by atoms with Gasteiger partial charge in [0, 0.05) is 46.0 Å². The van der Waals surface area contributed by atoms with Crippen LogP contribution in [0.2, 0.25) is 0 Å². The number of hydrogen-bond donors (Lipinski definition) is 1. The number of piperazine rings is 1. The van der Waals surface area contributed by atoms with Gasteiger partial charge in [-0.25, -0.2) is 9.67 Å². The second kappa shape index (κ2) is 11.6. The number of thiocarbonyl (C=S) groups is 1. The molecule has 1 amide bonds. The largest absolute Gasteiger partial charge is 0.395 e. The van der Waals surface area contributed by atoms with E-state index in [0.717, 1.165) is 17.3 Å². The number of carbonyl (C=O) groups excluding carboxylic acids is 1. The maximum absolute atomic E-state index is 13.9. The Morgan fingerprint density at radius 3 is 2.42 bits per heavy atom. The van der Waals surface area contributed by atoms with Gasteiger partial charge >= 0.3 is 0 Å². The zero-order chi connectivity index (χ0) is 30.4. The van der Waals surface area contributed by atoms with Gasteiger partial charge in [0.1, 0.15) is 17.2 Å². The number of thioether (sulfide) groups is 1. The van der Waals surface area contributed by atoms with E-state index in [-0.39, 0.29) is 38.2 Å². The molecule has 1 aromatic carbocycles. The van der Waals surface area contributed by atoms with Gasteiger partial charge in [0.15, 0.2) is 4.32 Å². The lowest BCUT2D eigenvalue weighted by molar-refractivity contribution is -0.113. The summed E-state index contributed by atoms with van der Waals surface area (Å²) in [4.78, 5) is 52.1. The van der Waals surface area contributed by atoms with Crippen LogP contribution >= 0.6 is 24.0 Å². The van der Waals surface area contributed by atoms with Crippen LogP contribution in [-0.2, 0) is 11.8 Å². The SMILES string of the molecule is Cc1ccc2nc(N3CCN(CCO)CC3)c(C=C3SC(=S)N(c4c(C)n(C)n(-c5ccccc5)c4=O)C3=O)c(=O)n2c1. The monoisotopic (exact) mass is 617 g/mol. The Balaban J connectivity index is 1.44. The van der Waals surface area contributed by atoms with Crippen LogP contribution in [0.25, 0.3) is 17.4 Å². The van der Waals surface area contributed by atoms with Crippen LogP contribution in [0.3, 0.4) is 0 Å². The van der Waals surface area contributed by atoms with Gasteiger partial charge in [0.05, 0.1) is 28.5 Å². The fourth-order valence-corrected chi connectivity index (χ4v) is 6.79. The number of carbonyl (C=O) groups is 1. The van der Waals surface area contributed by atoms with Crippen LogP contribution in [0.15, 0.2) is 63.2 Å². The van der Waals surface area contributed by atoms with Gasteiger partial charge in [0.25, 0.3) is 17.0 Å². The van der Waals surface area contributed by atoms with E-state index in [0.29, 0.717) is 55.6 Å². The van der Waals surface area contributed by atoms with Crippen molar-refractivity contribution in [3.63, 3.8) is 0 Å². The number of pyridine rings is 1. The number of nitrogens with zero attached hydrogens (tertiary/aromatic N) is 7. The van der Waals surface area contributed by atoms with Crippen molar-refractivity contribution in [1.29, 1.82) is 0 Å². The highest BCUT2D eigenvalue weighted by molar-refractivity contribution is 8.27. The first-order valence-corrected chi connectivity index (χ1v) is 15.1. The standard InChI is InChI=1S/C30H31N7O4S2/c1-19-9-10-24-31-26(34-13-11-33(12-14-34)15-16-38)22(27(39)35(24)18-19)17-23-28(40)36(30(42)43-23)25-20(2)32(3)37(29(25)41)21-7-5-4-6-8-21/h4-10,17-18,38H,11-16H2,1-3H3. The molecule has 0 saturated carbocycles. The van der Waals surface area contributed by atoms with Crippen LogP contribution in [0.5, 0.6) is 0 Å². The van der Waals surface area contributed by atoms with E-state index in [1.165, 1.54) is 14.0 Å². The van der Waals surface area contributed by atoms with Gasteiger partial charge in [-0.1, -0.05) is 48.2 Å². The van der Waals surface area contributed by atoms with E-state index in [9.17, 15) is 19.5 Å². The molecule has 43 heavy (non-hydrogen) atoms. The molecular weight excluding hydrogens is 587 g/mol. The van der Waals surface area contributed by atoms with Gasteiger partial charge in [0.2, 0.25) is 0 Å². The third kappa shape index (κ3) is 5.12. The summed E-state index contributed by atoms with van der Waals surface area (Å²) in [5.41, 5.74) is 2.45. The highest BCUT2D eigenvalue weighted by Crippen LogP contribution is 2.37. The lowest BCUT2D eigenvalue weighted by atomic mass is 10.2. The first-order valence-electron chi connectivity index (χ1n) is 13.9. The number of rotatable bonds is 6. The summed E-state index contributed by atoms with van der Waals surface area (Å²) in [5, 5.41) is 9.35. The number of amides is 1. The summed E-state index contributed by atoms with van der Waals surface area (Å²) in [6, 6.07) is 12.9. The minimum absolute atomic E-state index is 0.0827. The van der Waals surface area contributed by atoms with Crippen molar-refractivity contribution >= 4 is 57.4 Å². The number of aromatic nitrogens is 4. The second-order valence-corrected chi connectivity index (χ2v) is 12.2. The molecule has 13 heteroatoms. The molecule has 3 aromatic heterocycles. The van der Waals surface area contributed by atoms with E-state index in [1.807, 2.05) is 48.2 Å². The number of fused-ring (bicyclic) bond motifs is 1. The molecule has 222 valence electrons. The molecule has 2 fully saturated rings. The lowest BCUT2D eigenvalue weighted by Crippen LogP contribution is -2.48. The van der Waals surface area contributed by atoms with E-state index >= 15 is 0 Å². The molecular formula is C30H31N7O4S2.